The molecule has 2 amide bonds. The number of benzene rings is 2. The Labute approximate surface area is 210 Å². The first kappa shape index (κ1) is 24.5. The highest BCUT2D eigenvalue weighted by Crippen LogP contribution is 2.18. The maximum atomic E-state index is 12.2. The molecule has 0 aliphatic heterocycles. The van der Waals surface area contributed by atoms with Crippen LogP contribution in [0.1, 0.15) is 11.1 Å². The van der Waals surface area contributed by atoms with Crippen molar-refractivity contribution in [2.24, 2.45) is 14.1 Å². The van der Waals surface area contributed by atoms with Crippen molar-refractivity contribution >= 4 is 46.7 Å². The first-order chi connectivity index (χ1) is 17.0. The van der Waals surface area contributed by atoms with Crippen molar-refractivity contribution in [3.8, 4) is 0 Å². The quantitative estimate of drug-likeness (QED) is 0.314. The minimum Gasteiger partial charge on any atom is -0.325 e. The average molecular weight is 509 g/mol. The number of aryl methyl sites for hydroxylation is 2. The Morgan fingerprint density at radius 1 is 0.714 bits per heavy atom. The topological polar surface area (TPSA) is 120 Å². The van der Waals surface area contributed by atoms with Crippen LogP contribution >= 0.6 is 23.5 Å². The number of anilines is 2. The summed E-state index contributed by atoms with van der Waals surface area (Å²) >= 11 is 2.67. The van der Waals surface area contributed by atoms with E-state index in [-0.39, 0.29) is 23.3 Å². The number of thioether (sulfide) groups is 2. The Hall–Kier alpha value is -3.64. The Kier molecular flexibility index (Phi) is 8.16. The van der Waals surface area contributed by atoms with Crippen LogP contribution in [-0.2, 0) is 30.1 Å². The highest BCUT2D eigenvalue weighted by atomic mass is 32.2. The number of nitrogens with one attached hydrogen (secondary N) is 2. The number of rotatable bonds is 10. The van der Waals surface area contributed by atoms with E-state index in [2.05, 4.69) is 31.0 Å². The summed E-state index contributed by atoms with van der Waals surface area (Å²) in [6.07, 6.45) is 3.95. The third-order valence-electron chi connectivity index (χ3n) is 4.89. The molecular weight excluding hydrogens is 484 g/mol. The van der Waals surface area contributed by atoms with Crippen LogP contribution in [0.15, 0.2) is 71.5 Å². The van der Waals surface area contributed by atoms with E-state index in [0.717, 1.165) is 28.9 Å². The van der Waals surface area contributed by atoms with Crippen molar-refractivity contribution in [1.29, 1.82) is 0 Å². The summed E-state index contributed by atoms with van der Waals surface area (Å²) in [6, 6.07) is 15.5. The summed E-state index contributed by atoms with van der Waals surface area (Å²) < 4.78 is 3.54. The highest BCUT2D eigenvalue weighted by Gasteiger charge is 2.09. The van der Waals surface area contributed by atoms with Gasteiger partial charge in [0, 0.05) is 25.5 Å². The lowest BCUT2D eigenvalue weighted by Crippen LogP contribution is -2.14. The molecule has 0 saturated carbocycles. The Morgan fingerprint density at radius 2 is 1.11 bits per heavy atom. The molecule has 0 aliphatic rings. The second kappa shape index (κ2) is 11.7. The molecule has 2 aromatic heterocycles. The number of aromatic nitrogens is 6. The molecule has 0 unspecified atom stereocenters. The van der Waals surface area contributed by atoms with Gasteiger partial charge in [0.2, 0.25) is 11.8 Å². The number of hydrogen-bond acceptors (Lipinski definition) is 8. The maximum absolute atomic E-state index is 12.2. The summed E-state index contributed by atoms with van der Waals surface area (Å²) in [6.45, 7) is 0. The summed E-state index contributed by atoms with van der Waals surface area (Å²) in [5.74, 6) is 0.323. The predicted molar refractivity (Wildman–Crippen MR) is 136 cm³/mol. The van der Waals surface area contributed by atoms with Crippen molar-refractivity contribution < 1.29 is 9.59 Å². The zero-order valence-electron chi connectivity index (χ0n) is 19.2. The van der Waals surface area contributed by atoms with E-state index in [1.54, 1.807) is 21.8 Å². The molecule has 12 heteroatoms. The van der Waals surface area contributed by atoms with Crippen LogP contribution in [0, 0.1) is 0 Å². The van der Waals surface area contributed by atoms with E-state index in [4.69, 9.17) is 0 Å². The number of nitrogens with zero attached hydrogens (tertiary/aromatic N) is 6. The monoisotopic (exact) mass is 508 g/mol. The number of carbonyl (C=O) groups is 2. The fourth-order valence-electron chi connectivity index (χ4n) is 3.11. The van der Waals surface area contributed by atoms with E-state index in [1.807, 2.05) is 62.6 Å². The molecule has 0 radical (unpaired) electrons. The van der Waals surface area contributed by atoms with Crippen LogP contribution in [0.3, 0.4) is 0 Å². The predicted octanol–water partition coefficient (Wildman–Crippen LogP) is 3.00. The smallest absolute Gasteiger partial charge is 0.234 e. The van der Waals surface area contributed by atoms with Crippen LogP contribution in [0.25, 0.3) is 0 Å². The van der Waals surface area contributed by atoms with E-state index < -0.39 is 0 Å². The minimum atomic E-state index is -0.0987. The molecule has 0 bridgehead atoms. The van der Waals surface area contributed by atoms with E-state index in [1.165, 1.54) is 23.5 Å². The summed E-state index contributed by atoms with van der Waals surface area (Å²) in [4.78, 5) is 24.4. The Morgan fingerprint density at radius 3 is 1.46 bits per heavy atom. The van der Waals surface area contributed by atoms with Gasteiger partial charge >= 0.3 is 0 Å². The standard InChI is InChI=1S/C23H24N8O2S2/c1-30-14-24-28-22(30)34-12-20(32)26-18-7-3-16(4-8-18)11-17-5-9-19(10-6-17)27-21(33)13-35-23-29-25-15-31(23)2/h3-10,14-15H,11-13H2,1-2H3,(H,26,32)(H,27,33). The molecule has 35 heavy (non-hydrogen) atoms. The largest absolute Gasteiger partial charge is 0.325 e. The van der Waals surface area contributed by atoms with E-state index in [9.17, 15) is 9.59 Å². The Bertz CT molecular complexity index is 1190. The molecule has 10 nitrogen and oxygen atoms in total. The van der Waals surface area contributed by atoms with Gasteiger partial charge in [-0.25, -0.2) is 0 Å². The van der Waals surface area contributed by atoms with Gasteiger partial charge in [-0.05, 0) is 41.8 Å². The SMILES string of the molecule is Cn1cnnc1SCC(=O)Nc1ccc(Cc2ccc(NC(=O)CSc3nncn3C)cc2)cc1. The average Bonchev–Trinajstić information content (AvgIpc) is 3.46. The van der Waals surface area contributed by atoms with Crippen molar-refractivity contribution in [3.63, 3.8) is 0 Å². The van der Waals surface area contributed by atoms with Crippen molar-refractivity contribution in [2.45, 2.75) is 16.7 Å². The summed E-state index contributed by atoms with van der Waals surface area (Å²) in [5.41, 5.74) is 3.73. The lowest BCUT2D eigenvalue weighted by Gasteiger charge is -2.08. The van der Waals surface area contributed by atoms with Crippen molar-refractivity contribution in [2.75, 3.05) is 22.1 Å². The molecule has 0 fully saturated rings. The van der Waals surface area contributed by atoms with Crippen LogP contribution in [0.5, 0.6) is 0 Å². The molecule has 2 aromatic carbocycles. The molecule has 2 N–H and O–H groups in total. The van der Waals surface area contributed by atoms with Gasteiger partial charge in [0.15, 0.2) is 10.3 Å². The third-order valence-corrected chi connectivity index (χ3v) is 6.96. The van der Waals surface area contributed by atoms with Gasteiger partial charge in [-0.1, -0.05) is 47.8 Å². The van der Waals surface area contributed by atoms with Gasteiger partial charge in [-0.3, -0.25) is 9.59 Å². The van der Waals surface area contributed by atoms with Crippen molar-refractivity contribution in [3.05, 3.63) is 72.3 Å². The second-order valence-corrected chi connectivity index (χ2v) is 9.58. The van der Waals surface area contributed by atoms with Gasteiger partial charge in [0.25, 0.3) is 0 Å². The molecule has 180 valence electrons. The summed E-state index contributed by atoms with van der Waals surface area (Å²) in [5, 5.41) is 22.7. The third kappa shape index (κ3) is 7.17. The zero-order chi connectivity index (χ0) is 24.6. The number of carbonyl (C=O) groups excluding carboxylic acids is 2. The summed E-state index contributed by atoms with van der Waals surface area (Å²) in [7, 11) is 3.68. The zero-order valence-corrected chi connectivity index (χ0v) is 20.8. The lowest BCUT2D eigenvalue weighted by atomic mass is 10.0. The molecule has 0 aliphatic carbocycles. The molecule has 4 aromatic rings. The van der Waals surface area contributed by atoms with Gasteiger partial charge in [0.1, 0.15) is 12.7 Å². The van der Waals surface area contributed by atoms with Crippen LogP contribution in [0.4, 0.5) is 11.4 Å². The van der Waals surface area contributed by atoms with Gasteiger partial charge in [-0.15, -0.1) is 20.4 Å². The molecule has 4 rings (SSSR count). The molecule has 0 spiro atoms. The first-order valence-electron chi connectivity index (χ1n) is 10.7. The maximum Gasteiger partial charge on any atom is 0.234 e. The molecule has 2 heterocycles. The van der Waals surface area contributed by atoms with Gasteiger partial charge < -0.3 is 19.8 Å². The molecule has 0 saturated heterocycles. The molecule has 0 atom stereocenters. The fourth-order valence-corrected chi connectivity index (χ4v) is 4.48. The normalized spacial score (nSPS) is 10.8. The van der Waals surface area contributed by atoms with Crippen molar-refractivity contribution in [1.82, 2.24) is 29.5 Å². The number of hydrogen-bond donors (Lipinski definition) is 2. The van der Waals surface area contributed by atoms with Gasteiger partial charge in [0.05, 0.1) is 11.5 Å². The molecular formula is C23H24N8O2S2. The second-order valence-electron chi connectivity index (χ2n) is 7.69. The number of amides is 2. The first-order valence-corrected chi connectivity index (χ1v) is 12.6. The Balaban J connectivity index is 1.22. The van der Waals surface area contributed by atoms with Crippen LogP contribution in [0.2, 0.25) is 0 Å². The van der Waals surface area contributed by atoms with Crippen LogP contribution in [-0.4, -0.2) is 52.8 Å². The van der Waals surface area contributed by atoms with Gasteiger partial charge in [-0.2, -0.15) is 0 Å². The van der Waals surface area contributed by atoms with Crippen LogP contribution < -0.4 is 10.6 Å². The van der Waals surface area contributed by atoms with E-state index >= 15 is 0 Å². The fraction of sp³-hybridized carbons (Fsp3) is 0.217. The lowest BCUT2D eigenvalue weighted by molar-refractivity contribution is -0.114. The highest BCUT2D eigenvalue weighted by molar-refractivity contribution is 8.00. The minimum absolute atomic E-state index is 0.0987. The van der Waals surface area contributed by atoms with E-state index in [0.29, 0.717) is 10.3 Å².